The number of carbonyl (C=O) groups excluding carboxylic acids is 2. The van der Waals surface area contributed by atoms with Crippen molar-refractivity contribution in [3.05, 3.63) is 102 Å². The Morgan fingerprint density at radius 3 is 2.24 bits per heavy atom. The van der Waals surface area contributed by atoms with E-state index >= 15 is 0 Å². The molecule has 1 saturated heterocycles. The Morgan fingerprint density at radius 2 is 1.53 bits per heavy atom. The summed E-state index contributed by atoms with van der Waals surface area (Å²) in [6.45, 7) is 3.42. The highest BCUT2D eigenvalue weighted by molar-refractivity contribution is 5.97. The standard InChI is InChI=1S/C30H29FN4O3/c1-21-25(20-28(22-9-4-3-5-10-22)35(21)23-11-8-12-24(19-23)38-2)29(36)33-15-17-34(18-16-33)30(37)32-27-14-7-6-13-26(27)31/h3-14,19-20H,15-18H2,1-2H3,(H,32,37). The van der Waals surface area contributed by atoms with Gasteiger partial charge in [0, 0.05) is 43.6 Å². The number of ether oxygens (including phenoxy) is 1. The van der Waals surface area contributed by atoms with Gasteiger partial charge in [-0.15, -0.1) is 0 Å². The van der Waals surface area contributed by atoms with Gasteiger partial charge in [-0.1, -0.05) is 48.5 Å². The highest BCUT2D eigenvalue weighted by Gasteiger charge is 2.28. The minimum absolute atomic E-state index is 0.0875. The number of hydrogen-bond donors (Lipinski definition) is 1. The fourth-order valence-corrected chi connectivity index (χ4v) is 4.77. The Hall–Kier alpha value is -4.59. The van der Waals surface area contributed by atoms with E-state index in [0.717, 1.165) is 28.4 Å². The topological polar surface area (TPSA) is 66.8 Å². The molecule has 4 aromatic rings. The zero-order valence-corrected chi connectivity index (χ0v) is 21.4. The van der Waals surface area contributed by atoms with Gasteiger partial charge in [-0.3, -0.25) is 4.79 Å². The van der Waals surface area contributed by atoms with E-state index in [9.17, 15) is 14.0 Å². The second-order valence-electron chi connectivity index (χ2n) is 9.12. The van der Waals surface area contributed by atoms with Crippen molar-refractivity contribution in [3.8, 4) is 22.7 Å². The Kier molecular flexibility index (Phi) is 7.13. The lowest BCUT2D eigenvalue weighted by atomic mass is 10.1. The van der Waals surface area contributed by atoms with Crippen LogP contribution >= 0.6 is 0 Å². The number of nitrogens with zero attached hydrogens (tertiary/aromatic N) is 3. The highest BCUT2D eigenvalue weighted by Crippen LogP contribution is 2.31. The molecule has 0 spiro atoms. The minimum atomic E-state index is -0.486. The molecule has 0 bridgehead atoms. The van der Waals surface area contributed by atoms with Crippen LogP contribution in [-0.2, 0) is 0 Å². The third-order valence-corrected chi connectivity index (χ3v) is 6.83. The molecule has 8 heteroatoms. The van der Waals surface area contributed by atoms with Crippen LogP contribution in [0.5, 0.6) is 5.75 Å². The zero-order chi connectivity index (χ0) is 26.6. The van der Waals surface area contributed by atoms with Gasteiger partial charge in [0.2, 0.25) is 0 Å². The van der Waals surface area contributed by atoms with E-state index in [0.29, 0.717) is 31.7 Å². The van der Waals surface area contributed by atoms with Gasteiger partial charge in [0.1, 0.15) is 11.6 Å². The van der Waals surface area contributed by atoms with E-state index in [1.807, 2.05) is 67.6 Å². The molecule has 0 atom stereocenters. The minimum Gasteiger partial charge on any atom is -0.497 e. The molecular weight excluding hydrogens is 483 g/mol. The van der Waals surface area contributed by atoms with E-state index in [-0.39, 0.29) is 17.6 Å². The van der Waals surface area contributed by atoms with Gasteiger partial charge in [-0.25, -0.2) is 9.18 Å². The lowest BCUT2D eigenvalue weighted by Gasteiger charge is -2.34. The summed E-state index contributed by atoms with van der Waals surface area (Å²) in [5, 5.41) is 2.62. The molecule has 2 heterocycles. The Labute approximate surface area is 221 Å². The summed E-state index contributed by atoms with van der Waals surface area (Å²) >= 11 is 0. The molecule has 0 unspecified atom stereocenters. The predicted molar refractivity (Wildman–Crippen MR) is 145 cm³/mol. The normalized spacial score (nSPS) is 13.3. The van der Waals surface area contributed by atoms with Gasteiger partial charge in [0.25, 0.3) is 5.91 Å². The average Bonchev–Trinajstić information content (AvgIpc) is 3.31. The molecule has 3 aromatic carbocycles. The third-order valence-electron chi connectivity index (χ3n) is 6.83. The summed E-state index contributed by atoms with van der Waals surface area (Å²) in [6, 6.07) is 25.3. The molecule has 1 aliphatic rings. The highest BCUT2D eigenvalue weighted by atomic mass is 19.1. The number of carbonyl (C=O) groups is 2. The van der Waals surface area contributed by atoms with E-state index in [1.54, 1.807) is 29.0 Å². The maximum Gasteiger partial charge on any atom is 0.322 e. The lowest BCUT2D eigenvalue weighted by molar-refractivity contribution is 0.0671. The first kappa shape index (κ1) is 25.1. The fraction of sp³-hybridized carbons (Fsp3) is 0.200. The number of aromatic nitrogens is 1. The van der Waals surface area contributed by atoms with Gasteiger partial charge in [0.05, 0.1) is 24.1 Å². The number of anilines is 1. The fourth-order valence-electron chi connectivity index (χ4n) is 4.77. The molecule has 5 rings (SSSR count). The molecule has 194 valence electrons. The van der Waals surface area contributed by atoms with E-state index in [2.05, 4.69) is 9.88 Å². The van der Waals surface area contributed by atoms with E-state index in [1.165, 1.54) is 12.1 Å². The van der Waals surface area contributed by atoms with E-state index < -0.39 is 5.82 Å². The largest absolute Gasteiger partial charge is 0.497 e. The molecule has 7 nitrogen and oxygen atoms in total. The number of methoxy groups -OCH3 is 1. The molecule has 1 fully saturated rings. The van der Waals surface area contributed by atoms with Crippen molar-refractivity contribution in [2.45, 2.75) is 6.92 Å². The van der Waals surface area contributed by atoms with Crippen molar-refractivity contribution < 1.29 is 18.7 Å². The molecule has 1 aliphatic heterocycles. The number of hydrogen-bond acceptors (Lipinski definition) is 3. The molecule has 38 heavy (non-hydrogen) atoms. The van der Waals surface area contributed by atoms with Crippen LogP contribution in [0.1, 0.15) is 16.1 Å². The van der Waals surface area contributed by atoms with Crippen LogP contribution in [0.25, 0.3) is 16.9 Å². The maximum atomic E-state index is 13.9. The Bertz CT molecular complexity index is 1460. The molecule has 0 saturated carbocycles. The van der Waals surface area contributed by atoms with Crippen LogP contribution in [0.15, 0.2) is 84.9 Å². The van der Waals surface area contributed by atoms with Crippen LogP contribution in [-0.4, -0.2) is 59.6 Å². The lowest BCUT2D eigenvalue weighted by Crippen LogP contribution is -2.51. The summed E-state index contributed by atoms with van der Waals surface area (Å²) < 4.78 is 21.4. The smallest absolute Gasteiger partial charge is 0.322 e. The number of benzene rings is 3. The number of nitrogens with one attached hydrogen (secondary N) is 1. The first-order valence-corrected chi connectivity index (χ1v) is 12.5. The van der Waals surface area contributed by atoms with Gasteiger partial charge in [0.15, 0.2) is 0 Å². The van der Waals surface area contributed by atoms with Crippen LogP contribution in [0.2, 0.25) is 0 Å². The summed E-state index contributed by atoms with van der Waals surface area (Å²) in [4.78, 5) is 29.7. The van der Waals surface area contributed by atoms with Crippen LogP contribution in [0.3, 0.4) is 0 Å². The second-order valence-corrected chi connectivity index (χ2v) is 9.12. The van der Waals surface area contributed by atoms with Crippen molar-refractivity contribution in [1.29, 1.82) is 0 Å². The summed E-state index contributed by atoms with van der Waals surface area (Å²) in [5.41, 5.74) is 4.36. The average molecular weight is 513 g/mol. The summed E-state index contributed by atoms with van der Waals surface area (Å²) in [5.74, 6) is 0.155. The summed E-state index contributed by atoms with van der Waals surface area (Å²) in [7, 11) is 1.63. The number of halogens is 1. The van der Waals surface area contributed by atoms with Crippen LogP contribution < -0.4 is 10.1 Å². The van der Waals surface area contributed by atoms with Crippen molar-refractivity contribution >= 4 is 17.6 Å². The number of piperazine rings is 1. The van der Waals surface area contributed by atoms with Crippen LogP contribution in [0, 0.1) is 12.7 Å². The third kappa shape index (κ3) is 4.98. The Balaban J connectivity index is 1.37. The number of urea groups is 1. The van der Waals surface area contributed by atoms with Gasteiger partial charge in [-0.2, -0.15) is 0 Å². The first-order chi connectivity index (χ1) is 18.5. The van der Waals surface area contributed by atoms with Crippen LogP contribution in [0.4, 0.5) is 14.9 Å². The first-order valence-electron chi connectivity index (χ1n) is 12.5. The number of rotatable bonds is 5. The predicted octanol–water partition coefficient (Wildman–Crippen LogP) is 5.59. The number of para-hydroxylation sites is 1. The Morgan fingerprint density at radius 1 is 0.842 bits per heavy atom. The van der Waals surface area contributed by atoms with Crippen molar-refractivity contribution in [1.82, 2.24) is 14.4 Å². The quantitative estimate of drug-likeness (QED) is 0.379. The molecule has 0 radical (unpaired) electrons. The SMILES string of the molecule is COc1cccc(-n2c(-c3ccccc3)cc(C(=O)N3CCN(C(=O)Nc4ccccc4F)CC3)c2C)c1. The summed E-state index contributed by atoms with van der Waals surface area (Å²) in [6.07, 6.45) is 0. The van der Waals surface area contributed by atoms with Crippen molar-refractivity contribution in [2.75, 3.05) is 38.6 Å². The van der Waals surface area contributed by atoms with Gasteiger partial charge < -0.3 is 24.4 Å². The molecule has 1 N–H and O–H groups in total. The van der Waals surface area contributed by atoms with Crippen molar-refractivity contribution in [3.63, 3.8) is 0 Å². The van der Waals surface area contributed by atoms with Gasteiger partial charge in [-0.05, 0) is 42.8 Å². The number of amides is 3. The molecule has 3 amide bonds. The second kappa shape index (κ2) is 10.8. The van der Waals surface area contributed by atoms with E-state index in [4.69, 9.17) is 4.74 Å². The zero-order valence-electron chi connectivity index (χ0n) is 21.4. The monoisotopic (exact) mass is 512 g/mol. The van der Waals surface area contributed by atoms with Gasteiger partial charge >= 0.3 is 6.03 Å². The maximum absolute atomic E-state index is 13.9. The molecular formula is C30H29FN4O3. The molecule has 1 aromatic heterocycles. The van der Waals surface area contributed by atoms with Crippen molar-refractivity contribution in [2.24, 2.45) is 0 Å². The molecule has 0 aliphatic carbocycles.